The number of hydrogen-bond donors (Lipinski definition) is 1. The van der Waals surface area contributed by atoms with Gasteiger partial charge in [0.2, 0.25) is 0 Å². The molecule has 0 saturated heterocycles. The fourth-order valence-electron chi connectivity index (χ4n) is 2.33. The number of ether oxygens (including phenoxy) is 1. The van der Waals surface area contributed by atoms with Crippen molar-refractivity contribution >= 4 is 0 Å². The summed E-state index contributed by atoms with van der Waals surface area (Å²) >= 11 is 0. The molecule has 1 aliphatic heterocycles. The van der Waals surface area contributed by atoms with E-state index in [9.17, 15) is 8.78 Å². The van der Waals surface area contributed by atoms with E-state index in [-0.39, 0.29) is 5.92 Å². The summed E-state index contributed by atoms with van der Waals surface area (Å²) in [4.78, 5) is 0. The van der Waals surface area contributed by atoms with Crippen LogP contribution in [0.5, 0.6) is 5.75 Å². The molecule has 0 aliphatic carbocycles. The molecule has 1 aliphatic rings. The molecule has 0 fully saturated rings. The molecule has 0 saturated carbocycles. The largest absolute Gasteiger partial charge is 0.493 e. The molecule has 1 heterocycles. The summed E-state index contributed by atoms with van der Waals surface area (Å²) in [6.45, 7) is 2.90. The predicted molar refractivity (Wildman–Crippen MR) is 62.3 cm³/mol. The molecule has 0 spiro atoms. The first kappa shape index (κ1) is 12.3. The third kappa shape index (κ3) is 2.27. The fourth-order valence-corrected chi connectivity index (χ4v) is 2.33. The first-order chi connectivity index (χ1) is 8.15. The molecule has 0 radical (unpaired) electrons. The van der Waals surface area contributed by atoms with E-state index in [0.717, 1.165) is 12.5 Å². The van der Waals surface area contributed by atoms with E-state index in [1.807, 2.05) is 6.92 Å². The van der Waals surface area contributed by atoms with E-state index >= 15 is 0 Å². The Hall–Kier alpha value is -1.16. The number of fused-ring (bicyclic) bond motifs is 1. The highest BCUT2D eigenvalue weighted by molar-refractivity contribution is 5.46. The minimum Gasteiger partial charge on any atom is -0.493 e. The Labute approximate surface area is 99.8 Å². The van der Waals surface area contributed by atoms with Crippen LogP contribution in [0.2, 0.25) is 0 Å². The second-order valence-electron chi connectivity index (χ2n) is 4.49. The summed E-state index contributed by atoms with van der Waals surface area (Å²) in [7, 11) is 0. The normalized spacial score (nSPS) is 16.2. The van der Waals surface area contributed by atoms with Crippen LogP contribution >= 0.6 is 0 Å². The Morgan fingerprint density at radius 1 is 1.41 bits per heavy atom. The van der Waals surface area contributed by atoms with E-state index in [4.69, 9.17) is 10.5 Å². The molecule has 1 atom stereocenters. The van der Waals surface area contributed by atoms with Crippen molar-refractivity contribution in [2.75, 3.05) is 13.2 Å². The van der Waals surface area contributed by atoms with Gasteiger partial charge in [0, 0.05) is 17.2 Å². The topological polar surface area (TPSA) is 35.2 Å². The number of benzene rings is 1. The number of rotatable bonds is 3. The van der Waals surface area contributed by atoms with Crippen molar-refractivity contribution in [1.82, 2.24) is 0 Å². The highest BCUT2D eigenvalue weighted by Crippen LogP contribution is 2.38. The van der Waals surface area contributed by atoms with Crippen molar-refractivity contribution in [3.63, 3.8) is 0 Å². The van der Waals surface area contributed by atoms with Gasteiger partial charge in [-0.2, -0.15) is 0 Å². The van der Waals surface area contributed by atoms with Gasteiger partial charge in [0.05, 0.1) is 6.61 Å². The Morgan fingerprint density at radius 2 is 2.18 bits per heavy atom. The van der Waals surface area contributed by atoms with Crippen molar-refractivity contribution in [3.05, 3.63) is 28.8 Å². The summed E-state index contributed by atoms with van der Waals surface area (Å²) in [5.74, 6) is -0.660. The van der Waals surface area contributed by atoms with E-state index in [1.165, 1.54) is 0 Å². The molecule has 1 aromatic carbocycles. The van der Waals surface area contributed by atoms with E-state index in [2.05, 4.69) is 0 Å². The maximum absolute atomic E-state index is 13.9. The van der Waals surface area contributed by atoms with Crippen molar-refractivity contribution in [3.8, 4) is 5.75 Å². The van der Waals surface area contributed by atoms with E-state index < -0.39 is 11.6 Å². The first-order valence-corrected chi connectivity index (χ1v) is 5.98. The maximum atomic E-state index is 13.9. The summed E-state index contributed by atoms with van der Waals surface area (Å²) < 4.78 is 32.9. The number of nitrogens with two attached hydrogens (primary N) is 1. The molecular formula is C13H17F2NO. The first-order valence-electron chi connectivity index (χ1n) is 5.98. The zero-order chi connectivity index (χ0) is 12.4. The minimum absolute atomic E-state index is 0.0487. The second kappa shape index (κ2) is 5.00. The molecule has 0 amide bonds. The monoisotopic (exact) mass is 241 g/mol. The fraction of sp³-hybridized carbons (Fsp3) is 0.538. The van der Waals surface area contributed by atoms with Crippen LogP contribution in [0.15, 0.2) is 6.07 Å². The molecule has 17 heavy (non-hydrogen) atoms. The van der Waals surface area contributed by atoms with Gasteiger partial charge < -0.3 is 10.5 Å². The molecule has 2 rings (SSSR count). The lowest BCUT2D eigenvalue weighted by Crippen LogP contribution is -2.16. The van der Waals surface area contributed by atoms with Gasteiger partial charge in [0.15, 0.2) is 0 Å². The number of halogens is 2. The van der Waals surface area contributed by atoms with Gasteiger partial charge >= 0.3 is 0 Å². The molecular weight excluding hydrogens is 224 g/mol. The molecule has 0 aromatic heterocycles. The average Bonchev–Trinajstić information content (AvgIpc) is 2.29. The zero-order valence-electron chi connectivity index (χ0n) is 9.93. The summed E-state index contributed by atoms with van der Waals surface area (Å²) in [6.07, 6.45) is 2.06. The van der Waals surface area contributed by atoms with Gasteiger partial charge in [-0.15, -0.1) is 0 Å². The molecule has 0 bridgehead atoms. The quantitative estimate of drug-likeness (QED) is 0.883. The average molecular weight is 241 g/mol. The van der Waals surface area contributed by atoms with E-state index in [1.54, 1.807) is 0 Å². The van der Waals surface area contributed by atoms with Crippen LogP contribution in [-0.4, -0.2) is 13.2 Å². The molecule has 4 heteroatoms. The smallest absolute Gasteiger partial charge is 0.133 e. The van der Waals surface area contributed by atoms with Crippen LogP contribution in [0.4, 0.5) is 8.78 Å². The third-order valence-electron chi connectivity index (χ3n) is 3.23. The van der Waals surface area contributed by atoms with Crippen LogP contribution in [0, 0.1) is 11.6 Å². The molecule has 1 unspecified atom stereocenters. The van der Waals surface area contributed by atoms with Crippen LogP contribution in [0.3, 0.4) is 0 Å². The Kier molecular flexibility index (Phi) is 3.62. The SMILES string of the molecule is CC(CCN)c1c(F)cc(F)c2c1OCCC2. The minimum atomic E-state index is -0.524. The standard InChI is InChI=1S/C13H17F2NO/c1-8(4-5-16)12-11(15)7-10(14)9-3-2-6-17-13(9)12/h7-8H,2-6,16H2,1H3. The van der Waals surface area contributed by atoms with E-state index in [0.29, 0.717) is 42.9 Å². The lowest BCUT2D eigenvalue weighted by atomic mass is 9.91. The van der Waals surface area contributed by atoms with Gasteiger partial charge in [-0.1, -0.05) is 6.92 Å². The molecule has 94 valence electrons. The molecule has 2 nitrogen and oxygen atoms in total. The van der Waals surface area contributed by atoms with Crippen LogP contribution in [0.1, 0.15) is 36.8 Å². The summed E-state index contributed by atoms with van der Waals surface area (Å²) in [6, 6.07) is 0.968. The third-order valence-corrected chi connectivity index (χ3v) is 3.23. The summed E-state index contributed by atoms with van der Waals surface area (Å²) in [5, 5.41) is 0. The second-order valence-corrected chi connectivity index (χ2v) is 4.49. The summed E-state index contributed by atoms with van der Waals surface area (Å²) in [5.41, 5.74) is 6.47. The molecule has 2 N–H and O–H groups in total. The van der Waals surface area contributed by atoms with Crippen molar-refractivity contribution < 1.29 is 13.5 Å². The van der Waals surface area contributed by atoms with Gasteiger partial charge in [-0.25, -0.2) is 8.78 Å². The highest BCUT2D eigenvalue weighted by Gasteiger charge is 2.25. The Morgan fingerprint density at radius 3 is 2.88 bits per heavy atom. The van der Waals surface area contributed by atoms with Gasteiger partial charge in [-0.05, 0) is 31.7 Å². The van der Waals surface area contributed by atoms with Gasteiger partial charge in [0.1, 0.15) is 17.4 Å². The number of hydrogen-bond acceptors (Lipinski definition) is 2. The predicted octanol–water partition coefficient (Wildman–Crippen LogP) is 2.74. The van der Waals surface area contributed by atoms with Gasteiger partial charge in [0.25, 0.3) is 0 Å². The highest BCUT2D eigenvalue weighted by atomic mass is 19.1. The zero-order valence-corrected chi connectivity index (χ0v) is 9.93. The maximum Gasteiger partial charge on any atom is 0.133 e. The lowest BCUT2D eigenvalue weighted by molar-refractivity contribution is 0.276. The van der Waals surface area contributed by atoms with Crippen molar-refractivity contribution in [2.45, 2.75) is 32.1 Å². The molecule has 1 aromatic rings. The lowest BCUT2D eigenvalue weighted by Gasteiger charge is -2.24. The van der Waals surface area contributed by atoms with Crippen molar-refractivity contribution in [1.29, 1.82) is 0 Å². The van der Waals surface area contributed by atoms with Crippen LogP contribution in [0.25, 0.3) is 0 Å². The Balaban J connectivity index is 2.49. The van der Waals surface area contributed by atoms with Crippen LogP contribution in [-0.2, 0) is 6.42 Å². The van der Waals surface area contributed by atoms with Crippen molar-refractivity contribution in [2.24, 2.45) is 5.73 Å². The Bertz CT molecular complexity index is 420. The van der Waals surface area contributed by atoms with Crippen LogP contribution < -0.4 is 10.5 Å². The van der Waals surface area contributed by atoms with Gasteiger partial charge in [-0.3, -0.25) is 0 Å².